The Labute approximate surface area is 79.1 Å². The highest BCUT2D eigenvalue weighted by Gasteiger charge is 2.26. The molecule has 1 heterocycles. The molecule has 1 saturated heterocycles. The van der Waals surface area contributed by atoms with E-state index < -0.39 is 0 Å². The molecule has 1 aromatic carbocycles. The zero-order valence-electron chi connectivity index (χ0n) is 7.53. The lowest BCUT2D eigenvalue weighted by Crippen LogP contribution is -2.45. The summed E-state index contributed by atoms with van der Waals surface area (Å²) < 4.78 is 15.5. The standard InChI is InChI=1S/C7H9B3O3/c1-6-4-2-3-5-7(6)10-12-8-11-9-13-10/h2-5,8-9H,1H3. The number of hydrogen-bond acceptors (Lipinski definition) is 3. The van der Waals surface area contributed by atoms with E-state index >= 15 is 0 Å². The molecule has 0 atom stereocenters. The summed E-state index contributed by atoms with van der Waals surface area (Å²) in [6.45, 7) is 2.04. The molecule has 0 aromatic heterocycles. The van der Waals surface area contributed by atoms with E-state index in [4.69, 9.17) is 13.7 Å². The van der Waals surface area contributed by atoms with E-state index in [-0.39, 0.29) is 7.12 Å². The average Bonchev–Trinajstić information content (AvgIpc) is 2.20. The molecular weight excluding hydrogens is 165 g/mol. The van der Waals surface area contributed by atoms with Gasteiger partial charge < -0.3 is 13.7 Å². The third-order valence-electron chi connectivity index (χ3n) is 2.05. The fraction of sp³-hybridized carbons (Fsp3) is 0.143. The van der Waals surface area contributed by atoms with Crippen molar-refractivity contribution in [1.29, 1.82) is 0 Å². The molecule has 0 aliphatic carbocycles. The van der Waals surface area contributed by atoms with Gasteiger partial charge in [-0.3, -0.25) is 0 Å². The molecule has 2 rings (SSSR count). The highest BCUT2D eigenvalue weighted by atomic mass is 16.7. The molecule has 0 spiro atoms. The average molecular weight is 174 g/mol. The van der Waals surface area contributed by atoms with Gasteiger partial charge in [-0.25, -0.2) is 0 Å². The monoisotopic (exact) mass is 174 g/mol. The minimum Gasteiger partial charge on any atom is -0.458 e. The van der Waals surface area contributed by atoms with E-state index in [0.29, 0.717) is 15.4 Å². The lowest BCUT2D eigenvalue weighted by atomic mass is 9.73. The van der Waals surface area contributed by atoms with Gasteiger partial charge in [-0.1, -0.05) is 29.8 Å². The molecule has 13 heavy (non-hydrogen) atoms. The van der Waals surface area contributed by atoms with Gasteiger partial charge in [-0.15, -0.1) is 0 Å². The summed E-state index contributed by atoms with van der Waals surface area (Å²) >= 11 is 0. The van der Waals surface area contributed by atoms with Crippen LogP contribution in [0.1, 0.15) is 5.56 Å². The molecule has 0 amide bonds. The molecule has 6 heteroatoms. The lowest BCUT2D eigenvalue weighted by Gasteiger charge is -2.20. The summed E-state index contributed by atoms with van der Waals surface area (Å²) in [7, 11) is 0.341. The minimum atomic E-state index is -0.269. The van der Waals surface area contributed by atoms with Gasteiger partial charge in [0.05, 0.1) is 0 Å². The summed E-state index contributed by atoms with van der Waals surface area (Å²) in [6.07, 6.45) is 0. The molecule has 1 aliphatic rings. The van der Waals surface area contributed by atoms with Crippen molar-refractivity contribution in [2.75, 3.05) is 0 Å². The van der Waals surface area contributed by atoms with Gasteiger partial charge in [0.1, 0.15) is 0 Å². The zero-order valence-corrected chi connectivity index (χ0v) is 7.53. The zero-order chi connectivity index (χ0) is 9.10. The molecule has 1 fully saturated rings. The minimum absolute atomic E-state index is 0.269. The van der Waals surface area contributed by atoms with Crippen LogP contribution in [0, 0.1) is 6.92 Å². The van der Waals surface area contributed by atoms with Crippen molar-refractivity contribution in [1.82, 2.24) is 0 Å². The van der Waals surface area contributed by atoms with Crippen molar-refractivity contribution < 1.29 is 13.7 Å². The van der Waals surface area contributed by atoms with E-state index in [2.05, 4.69) is 0 Å². The SMILES string of the molecule is Cc1ccccc1B1OBOBO1. The largest absolute Gasteiger partial charge is 0.466 e. The Balaban J connectivity index is 2.18. The molecule has 1 aliphatic heterocycles. The van der Waals surface area contributed by atoms with Gasteiger partial charge in [0.15, 0.2) is 0 Å². The predicted octanol–water partition coefficient (Wildman–Crippen LogP) is -0.713. The Kier molecular flexibility index (Phi) is 2.73. The highest BCUT2D eigenvalue weighted by Crippen LogP contribution is 2.00. The molecule has 0 unspecified atom stereocenters. The van der Waals surface area contributed by atoms with Crippen LogP contribution in [0.5, 0.6) is 0 Å². The summed E-state index contributed by atoms with van der Waals surface area (Å²) in [5.74, 6) is 0. The highest BCUT2D eigenvalue weighted by molar-refractivity contribution is 6.71. The second-order valence-electron chi connectivity index (χ2n) is 2.96. The normalized spacial score (nSPS) is 16.2. The second kappa shape index (κ2) is 4.00. The quantitative estimate of drug-likeness (QED) is 0.525. The predicted molar refractivity (Wildman–Crippen MR) is 54.1 cm³/mol. The number of benzene rings is 1. The van der Waals surface area contributed by atoms with E-state index in [0.717, 1.165) is 5.46 Å². The first-order valence-corrected chi connectivity index (χ1v) is 4.24. The Morgan fingerprint density at radius 3 is 2.54 bits per heavy atom. The van der Waals surface area contributed by atoms with Crippen LogP contribution >= 0.6 is 0 Å². The summed E-state index contributed by atoms with van der Waals surface area (Å²) in [6, 6.07) is 8.02. The smallest absolute Gasteiger partial charge is 0.458 e. The fourth-order valence-electron chi connectivity index (χ4n) is 1.33. The molecule has 0 bridgehead atoms. The Bertz CT molecular complexity index is 288. The van der Waals surface area contributed by atoms with Gasteiger partial charge in [-0.05, 0) is 12.4 Å². The molecule has 0 N–H and O–H groups in total. The third-order valence-corrected chi connectivity index (χ3v) is 2.05. The van der Waals surface area contributed by atoms with Crippen molar-refractivity contribution in [2.45, 2.75) is 6.92 Å². The van der Waals surface area contributed by atoms with Gasteiger partial charge in [0.2, 0.25) is 0 Å². The maximum Gasteiger partial charge on any atom is 0.466 e. The van der Waals surface area contributed by atoms with E-state index in [1.54, 1.807) is 0 Å². The van der Waals surface area contributed by atoms with E-state index in [9.17, 15) is 0 Å². The second-order valence-corrected chi connectivity index (χ2v) is 2.96. The molecule has 0 radical (unpaired) electrons. The number of aryl methyl sites for hydroxylation is 1. The van der Waals surface area contributed by atoms with Crippen LogP contribution in [0.15, 0.2) is 24.3 Å². The number of hydrogen-bond donors (Lipinski definition) is 0. The van der Waals surface area contributed by atoms with Crippen molar-refractivity contribution >= 4 is 28.0 Å². The van der Waals surface area contributed by atoms with Gasteiger partial charge in [-0.2, -0.15) is 0 Å². The maximum atomic E-state index is 5.30. The fourth-order valence-corrected chi connectivity index (χ4v) is 1.33. The molecular formula is C7H9B3O3. The van der Waals surface area contributed by atoms with Crippen LogP contribution in [0.2, 0.25) is 0 Å². The Hall–Kier alpha value is -0.705. The molecule has 64 valence electrons. The van der Waals surface area contributed by atoms with Crippen LogP contribution in [0.3, 0.4) is 0 Å². The first kappa shape index (κ1) is 8.87. The van der Waals surface area contributed by atoms with Crippen LogP contribution in [-0.2, 0) is 13.7 Å². The topological polar surface area (TPSA) is 27.7 Å². The van der Waals surface area contributed by atoms with Crippen molar-refractivity contribution in [3.05, 3.63) is 29.8 Å². The van der Waals surface area contributed by atoms with Crippen molar-refractivity contribution in [3.8, 4) is 0 Å². The molecule has 1 aromatic rings. The Morgan fingerprint density at radius 1 is 1.15 bits per heavy atom. The van der Waals surface area contributed by atoms with Crippen LogP contribution in [0.25, 0.3) is 0 Å². The summed E-state index contributed by atoms with van der Waals surface area (Å²) in [4.78, 5) is 0. The third kappa shape index (κ3) is 1.96. The number of rotatable bonds is 1. The Morgan fingerprint density at radius 2 is 1.85 bits per heavy atom. The summed E-state index contributed by atoms with van der Waals surface area (Å²) in [5, 5.41) is 0. The van der Waals surface area contributed by atoms with Gasteiger partial charge in [0, 0.05) is 0 Å². The first-order chi connectivity index (χ1) is 6.38. The molecule has 0 saturated carbocycles. The van der Waals surface area contributed by atoms with Crippen LogP contribution in [0.4, 0.5) is 0 Å². The van der Waals surface area contributed by atoms with E-state index in [1.165, 1.54) is 5.56 Å². The van der Waals surface area contributed by atoms with E-state index in [1.807, 2.05) is 31.2 Å². The lowest BCUT2D eigenvalue weighted by molar-refractivity contribution is 0.333. The maximum absolute atomic E-state index is 5.30. The first-order valence-electron chi connectivity index (χ1n) is 4.24. The van der Waals surface area contributed by atoms with Crippen LogP contribution in [-0.4, -0.2) is 22.5 Å². The van der Waals surface area contributed by atoms with Crippen molar-refractivity contribution in [3.63, 3.8) is 0 Å². The van der Waals surface area contributed by atoms with Crippen LogP contribution < -0.4 is 5.46 Å². The van der Waals surface area contributed by atoms with Gasteiger partial charge in [0.25, 0.3) is 0 Å². The van der Waals surface area contributed by atoms with Crippen molar-refractivity contribution in [2.24, 2.45) is 0 Å². The summed E-state index contributed by atoms with van der Waals surface area (Å²) in [5.41, 5.74) is 2.25. The molecule has 3 nitrogen and oxygen atoms in total. The van der Waals surface area contributed by atoms with Gasteiger partial charge >= 0.3 is 22.5 Å².